The molecule has 1 aromatic heterocycles. The minimum Gasteiger partial charge on any atom is -0.462 e. The van der Waals surface area contributed by atoms with Gasteiger partial charge < -0.3 is 9.15 Å². The van der Waals surface area contributed by atoms with Gasteiger partial charge in [-0.15, -0.1) is 0 Å². The standard InChI is InChI=1S/C17H12O5/c1-2-21-17(20)13-8-15(19)22-16-12(13)7-10-5-3-4-6-11(10)14(16)9-18/h3-9H,2H2,1H3. The fourth-order valence-electron chi connectivity index (χ4n) is 2.49. The topological polar surface area (TPSA) is 73.6 Å². The summed E-state index contributed by atoms with van der Waals surface area (Å²) in [6.45, 7) is 1.87. The number of carbonyl (C=O) groups is 2. The highest BCUT2D eigenvalue weighted by Crippen LogP contribution is 2.28. The molecule has 0 aliphatic heterocycles. The van der Waals surface area contributed by atoms with Gasteiger partial charge in [0.25, 0.3) is 0 Å². The number of hydrogen-bond acceptors (Lipinski definition) is 5. The van der Waals surface area contributed by atoms with Crippen molar-refractivity contribution in [3.8, 4) is 0 Å². The zero-order valence-corrected chi connectivity index (χ0v) is 11.8. The second-order valence-electron chi connectivity index (χ2n) is 4.71. The zero-order valence-electron chi connectivity index (χ0n) is 11.8. The van der Waals surface area contributed by atoms with Crippen LogP contribution in [0.4, 0.5) is 0 Å². The normalized spacial score (nSPS) is 10.8. The van der Waals surface area contributed by atoms with E-state index in [2.05, 4.69) is 0 Å². The van der Waals surface area contributed by atoms with E-state index in [-0.39, 0.29) is 23.3 Å². The summed E-state index contributed by atoms with van der Waals surface area (Å²) in [4.78, 5) is 35.3. The van der Waals surface area contributed by atoms with E-state index in [0.29, 0.717) is 17.1 Å². The fraction of sp³-hybridized carbons (Fsp3) is 0.118. The molecule has 0 aliphatic rings. The third-order valence-corrected chi connectivity index (χ3v) is 3.41. The highest BCUT2D eigenvalue weighted by molar-refractivity contribution is 6.14. The van der Waals surface area contributed by atoms with Crippen molar-refractivity contribution in [1.82, 2.24) is 0 Å². The molecule has 5 nitrogen and oxygen atoms in total. The average molecular weight is 296 g/mol. The number of ether oxygens (including phenoxy) is 1. The van der Waals surface area contributed by atoms with Crippen LogP contribution in [-0.2, 0) is 4.74 Å². The Morgan fingerprint density at radius 1 is 1.23 bits per heavy atom. The first-order chi connectivity index (χ1) is 10.7. The molecular weight excluding hydrogens is 284 g/mol. The molecule has 0 unspecified atom stereocenters. The zero-order chi connectivity index (χ0) is 15.7. The predicted molar refractivity (Wildman–Crippen MR) is 81.3 cm³/mol. The summed E-state index contributed by atoms with van der Waals surface area (Å²) in [7, 11) is 0. The highest BCUT2D eigenvalue weighted by Gasteiger charge is 2.18. The van der Waals surface area contributed by atoms with Gasteiger partial charge >= 0.3 is 11.6 Å². The largest absolute Gasteiger partial charge is 0.462 e. The molecule has 3 aromatic rings. The molecular formula is C17H12O5. The van der Waals surface area contributed by atoms with Crippen molar-refractivity contribution in [1.29, 1.82) is 0 Å². The molecule has 3 rings (SSSR count). The Kier molecular flexibility index (Phi) is 3.47. The Labute approximate surface area is 125 Å². The van der Waals surface area contributed by atoms with E-state index in [1.54, 1.807) is 25.1 Å². The first-order valence-electron chi connectivity index (χ1n) is 6.77. The van der Waals surface area contributed by atoms with E-state index >= 15 is 0 Å². The maximum atomic E-state index is 12.1. The van der Waals surface area contributed by atoms with E-state index in [0.717, 1.165) is 11.5 Å². The van der Waals surface area contributed by atoms with Crippen molar-refractivity contribution in [2.75, 3.05) is 6.61 Å². The van der Waals surface area contributed by atoms with Crippen LogP contribution < -0.4 is 5.63 Å². The van der Waals surface area contributed by atoms with Crippen molar-refractivity contribution in [3.05, 3.63) is 57.9 Å². The van der Waals surface area contributed by atoms with Gasteiger partial charge in [0.2, 0.25) is 0 Å². The lowest BCUT2D eigenvalue weighted by atomic mass is 9.99. The lowest BCUT2D eigenvalue weighted by Crippen LogP contribution is -2.10. The number of benzene rings is 2. The van der Waals surface area contributed by atoms with Crippen LogP contribution >= 0.6 is 0 Å². The molecule has 110 valence electrons. The van der Waals surface area contributed by atoms with E-state index in [9.17, 15) is 14.4 Å². The maximum Gasteiger partial charge on any atom is 0.339 e. The summed E-state index contributed by atoms with van der Waals surface area (Å²) in [6.07, 6.45) is 0.628. The molecule has 22 heavy (non-hydrogen) atoms. The molecule has 2 aromatic carbocycles. The first kappa shape index (κ1) is 14.0. The third-order valence-electron chi connectivity index (χ3n) is 3.41. The summed E-state index contributed by atoms with van der Waals surface area (Å²) in [5.41, 5.74) is -0.253. The van der Waals surface area contributed by atoms with Crippen LogP contribution in [0, 0.1) is 0 Å². The molecule has 1 heterocycles. The fourth-order valence-corrected chi connectivity index (χ4v) is 2.49. The van der Waals surface area contributed by atoms with Gasteiger partial charge in [-0.1, -0.05) is 24.3 Å². The summed E-state index contributed by atoms with van der Waals surface area (Å²) in [5.74, 6) is -0.618. The quantitative estimate of drug-likeness (QED) is 0.321. The monoisotopic (exact) mass is 296 g/mol. The van der Waals surface area contributed by atoms with Crippen molar-refractivity contribution in [2.24, 2.45) is 0 Å². The van der Waals surface area contributed by atoms with Crippen molar-refractivity contribution < 1.29 is 18.7 Å². The van der Waals surface area contributed by atoms with Gasteiger partial charge in [0.15, 0.2) is 6.29 Å². The van der Waals surface area contributed by atoms with Gasteiger partial charge in [-0.05, 0) is 23.8 Å². The SMILES string of the molecule is CCOC(=O)c1cc(=O)oc2c(C=O)c3ccccc3cc12. The van der Waals surface area contributed by atoms with Crippen LogP contribution in [0.15, 0.2) is 45.6 Å². The second kappa shape index (κ2) is 5.44. The Morgan fingerprint density at radius 2 is 2.00 bits per heavy atom. The number of hydrogen-bond donors (Lipinski definition) is 0. The van der Waals surface area contributed by atoms with Gasteiger partial charge in [0.1, 0.15) is 5.58 Å². The Bertz CT molecular complexity index is 952. The summed E-state index contributed by atoms with van der Waals surface area (Å²) in [5, 5.41) is 1.82. The summed E-state index contributed by atoms with van der Waals surface area (Å²) < 4.78 is 10.1. The molecule has 0 radical (unpaired) electrons. The lowest BCUT2D eigenvalue weighted by molar-refractivity contribution is 0.0527. The number of esters is 1. The van der Waals surface area contributed by atoms with Gasteiger partial charge in [-0.25, -0.2) is 9.59 Å². The van der Waals surface area contributed by atoms with Crippen molar-refractivity contribution in [3.63, 3.8) is 0 Å². The van der Waals surface area contributed by atoms with Crippen LogP contribution in [0.2, 0.25) is 0 Å². The minimum absolute atomic E-state index is 0.0990. The Hall–Kier alpha value is -2.95. The smallest absolute Gasteiger partial charge is 0.339 e. The molecule has 5 heteroatoms. The molecule has 0 saturated carbocycles. The summed E-state index contributed by atoms with van der Waals surface area (Å²) >= 11 is 0. The van der Waals surface area contributed by atoms with Gasteiger partial charge in [0.05, 0.1) is 17.7 Å². The van der Waals surface area contributed by atoms with Crippen LogP contribution in [0.25, 0.3) is 21.7 Å². The van der Waals surface area contributed by atoms with Gasteiger partial charge in [0, 0.05) is 11.5 Å². The van der Waals surface area contributed by atoms with Crippen molar-refractivity contribution in [2.45, 2.75) is 6.92 Å². The van der Waals surface area contributed by atoms with Crippen LogP contribution in [0.3, 0.4) is 0 Å². The highest BCUT2D eigenvalue weighted by atomic mass is 16.5. The van der Waals surface area contributed by atoms with E-state index in [1.807, 2.05) is 12.1 Å². The second-order valence-corrected chi connectivity index (χ2v) is 4.71. The van der Waals surface area contributed by atoms with Crippen LogP contribution in [-0.4, -0.2) is 18.9 Å². The minimum atomic E-state index is -0.700. The molecule has 0 fully saturated rings. The van der Waals surface area contributed by atoms with Gasteiger partial charge in [-0.2, -0.15) is 0 Å². The molecule has 0 amide bonds. The molecule has 0 saturated heterocycles. The molecule has 0 N–H and O–H groups in total. The summed E-state index contributed by atoms with van der Waals surface area (Å²) in [6, 6.07) is 9.99. The first-order valence-corrected chi connectivity index (χ1v) is 6.77. The lowest BCUT2D eigenvalue weighted by Gasteiger charge is -2.09. The molecule has 0 atom stereocenters. The van der Waals surface area contributed by atoms with Crippen LogP contribution in [0.5, 0.6) is 0 Å². The molecule has 0 spiro atoms. The molecule has 0 bridgehead atoms. The Morgan fingerprint density at radius 3 is 2.73 bits per heavy atom. The maximum absolute atomic E-state index is 12.1. The van der Waals surface area contributed by atoms with E-state index in [1.165, 1.54) is 0 Å². The van der Waals surface area contributed by atoms with Gasteiger partial charge in [-0.3, -0.25) is 4.79 Å². The van der Waals surface area contributed by atoms with Crippen molar-refractivity contribution >= 4 is 34.0 Å². The number of aldehydes is 1. The van der Waals surface area contributed by atoms with E-state index < -0.39 is 11.6 Å². The predicted octanol–water partition coefficient (Wildman–Crippen LogP) is 2.94. The third kappa shape index (κ3) is 2.16. The number of fused-ring (bicyclic) bond motifs is 2. The van der Waals surface area contributed by atoms with E-state index in [4.69, 9.17) is 9.15 Å². The van der Waals surface area contributed by atoms with Crippen LogP contribution in [0.1, 0.15) is 27.6 Å². The number of rotatable bonds is 3. The molecule has 0 aliphatic carbocycles. The Balaban J connectivity index is 2.49. The number of carbonyl (C=O) groups excluding carboxylic acids is 2. The average Bonchev–Trinajstić information content (AvgIpc) is 2.52.